The summed E-state index contributed by atoms with van der Waals surface area (Å²) < 4.78 is 69.6. The molecule has 6 aromatic rings. The summed E-state index contributed by atoms with van der Waals surface area (Å²) in [6, 6.07) is 15.9. The van der Waals surface area contributed by atoms with Gasteiger partial charge in [0, 0.05) is 149 Å². The molecule has 1 spiro atoms. The number of ether oxygens (including phenoxy) is 7. The molecule has 15 atom stereocenters. The number of imidazole rings is 1. The van der Waals surface area contributed by atoms with Gasteiger partial charge in [0.05, 0.1) is 99.2 Å². The third kappa shape index (κ3) is 22.2. The van der Waals surface area contributed by atoms with E-state index in [-0.39, 0.29) is 174 Å². The Morgan fingerprint density at radius 1 is 0.702 bits per heavy atom. The standard InChI is InChI=1S/C95H121N18O24P.CN.Co/c1-48-34-66-67(35-49(48)2)113(47-105-66)87-81(123)82(70(134-87)46-132-89(126)102-26-28-129-30-32-131-33-31-130-29-27-112-45-54(110-111-112)44-104-86(124)53-12-15-57-63(36-53)95(135-88(57)125)59-16-13-55(114)37-68(59)133-69-38-56(115)14-17-60(69)95)137-138(127,128)136-50(3)43-103-78(122)24-25-91(8)64(39-75(99)119)85-94(11)93(10,42-77(101)121)62(20-23-74(98)118)80(109-94)52(5)84-92(9,41-76(100)120)58(18-21-72(96)116)65(106-84)40-71-90(6,7)61(19-22-73(97)117)79(107-71)51(4)83(91)108-85;1-2;/h12-17,34-38,40,45,47,50,58,61-62,64,70,81-82,85,87,123H,18-33,39,41-44,46H2,1-11H3,(H19,96,97,98,99,100,101,102,103,104,106,107,108,109,114,115,116,117,118,119,120,121,122,124,126,127,128);;/q;-1;+2/p-2/t50-,58-,61-,62-,64+,70-,81-,82-,85-,87+,91-,92+,93+,94+;;/m1../s1. The summed E-state index contributed by atoms with van der Waals surface area (Å²) >= 11 is 0. The van der Waals surface area contributed by atoms with Crippen molar-refractivity contribution < 1.29 is 132 Å². The first-order valence-electron chi connectivity index (χ1n) is 46.0. The molecule has 0 saturated carbocycles. The number of nitrogens with one attached hydrogen (secondary N) is 3. The van der Waals surface area contributed by atoms with Crippen LogP contribution in [-0.4, -0.2) is 212 Å². The van der Waals surface area contributed by atoms with Crippen LogP contribution in [0.2, 0.25) is 0 Å². The maximum Gasteiger partial charge on any atom is 2.00 e. The number of aryl methyl sites for hydroxylation is 2. The monoisotopic (exact) mass is 2010 g/mol. The molecular weight excluding hydrogens is 1890 g/mol. The first-order chi connectivity index (χ1) is 66.2. The predicted octanol–water partition coefficient (Wildman–Crippen LogP) is 6.39. The summed E-state index contributed by atoms with van der Waals surface area (Å²) in [7, 11) is -5.55. The van der Waals surface area contributed by atoms with Gasteiger partial charge < -0.3 is 134 Å². The van der Waals surface area contributed by atoms with E-state index >= 15 is 0 Å². The molecule has 1 radical (unpaired) electrons. The number of fused-ring (bicyclic) bond motifs is 13. The molecule has 14 rings (SSSR count). The van der Waals surface area contributed by atoms with Gasteiger partial charge >= 0.3 is 28.8 Å². The van der Waals surface area contributed by atoms with Crippen molar-refractivity contribution in [2.24, 2.45) is 94.7 Å². The number of allylic oxidation sites excluding steroid dienone is 6. The number of phenolic OH excluding ortho intramolecular Hbond substituents is 2. The number of carbonyl (C=O) groups is 10. The second-order valence-corrected chi connectivity index (χ2v) is 39.4. The molecular formula is C96H119CoN19O24P-. The van der Waals surface area contributed by atoms with Gasteiger partial charge in [-0.3, -0.25) is 57.9 Å². The molecule has 8 bridgehead atoms. The van der Waals surface area contributed by atoms with E-state index in [1.807, 2.05) is 59.8 Å². The second-order valence-electron chi connectivity index (χ2n) is 38.1. The Hall–Kier alpha value is -12.7. The number of primary amides is 6. The van der Waals surface area contributed by atoms with Crippen molar-refractivity contribution in [2.45, 2.75) is 208 Å². The van der Waals surface area contributed by atoms with E-state index in [0.717, 1.165) is 11.1 Å². The second kappa shape index (κ2) is 43.4. The predicted molar refractivity (Wildman–Crippen MR) is 501 cm³/mol. The molecule has 2 fully saturated rings. The van der Waals surface area contributed by atoms with Gasteiger partial charge in [-0.05, 0) is 162 Å². The van der Waals surface area contributed by atoms with Crippen molar-refractivity contribution in [3.8, 4) is 23.0 Å². The van der Waals surface area contributed by atoms with Gasteiger partial charge in [0.1, 0.15) is 53.6 Å². The molecule has 0 aliphatic carbocycles. The Kier molecular flexibility index (Phi) is 33.0. The minimum absolute atomic E-state index is 0. The smallest absolute Gasteiger partial charge is 0.756 e. The average Bonchev–Trinajstić information content (AvgIpc) is 1.57. The molecule has 4 aromatic carbocycles. The number of phosphoric ester groups is 1. The van der Waals surface area contributed by atoms with Gasteiger partial charge in [-0.1, -0.05) is 45.9 Å². The van der Waals surface area contributed by atoms with Crippen molar-refractivity contribution in [1.29, 1.82) is 5.26 Å². The molecule has 10 heterocycles. The van der Waals surface area contributed by atoms with Crippen LogP contribution in [0.4, 0.5) is 4.79 Å². The number of alkyl carbamates (subject to hydrolysis) is 1. The summed E-state index contributed by atoms with van der Waals surface area (Å²) in [5.74, 6) is -8.73. The van der Waals surface area contributed by atoms with Crippen LogP contribution in [0.3, 0.4) is 0 Å². The van der Waals surface area contributed by atoms with Crippen LogP contribution in [-0.2, 0) is 111 Å². The van der Waals surface area contributed by atoms with E-state index in [2.05, 4.69) is 31.2 Å². The van der Waals surface area contributed by atoms with Crippen LogP contribution < -0.4 is 60.0 Å². The number of carbonyl (C=O) groups excluding carboxylic acids is 10. The quantitative estimate of drug-likeness (QED) is 0.00854. The number of amides is 9. The molecule has 2 aromatic heterocycles. The Morgan fingerprint density at radius 2 is 1.32 bits per heavy atom. The SMILES string of the molecule is C/C1=C2/[N-][C@H]([C@H](CC(N)=O)[C@@]2(C)CCC(=O)NC[C@@H](C)OP(=O)([O-])O[C@H]2[C@@H](O)[C@@H](n3cnc4cc(C)c(C)cc43)O[C@@H]2COC(=O)NCCOCCOCCOCCn2cc(CNC(=O)c3ccc4c(c3)C3(OC4=O)c4ccc(O)cc4Oc4cc(O)ccc43)nn2)[C@]2(C)N=C(/C(C)=C3N=C(/C=C4N=C1[C@@H](CCC(N)=O)C\4(C)C)[C@@H](CCC(N)=O)[C@]\3(C)CC(N)=O)[C@@H](CCC(N)=O)[C@]2(C)CC(N)=O.[C-]#N.[Co+2]. The van der Waals surface area contributed by atoms with Gasteiger partial charge in [-0.25, -0.2) is 19.3 Å². The zero-order valence-electron chi connectivity index (χ0n) is 80.0. The largest absolute Gasteiger partial charge is 2.00 e. The minimum atomic E-state index is -5.55. The number of benzene rings is 4. The fraction of sp³-hybridized carbons (Fsp3) is 0.510. The first-order valence-corrected chi connectivity index (χ1v) is 47.5. The van der Waals surface area contributed by atoms with Gasteiger partial charge in [-0.15, -0.1) is 5.10 Å². The molecule has 18 N–H and O–H groups in total. The number of aromatic nitrogens is 5. The van der Waals surface area contributed by atoms with E-state index in [1.54, 1.807) is 56.8 Å². The summed E-state index contributed by atoms with van der Waals surface area (Å²) in [4.78, 5) is 170. The Labute approximate surface area is 823 Å². The maximum atomic E-state index is 14.7. The van der Waals surface area contributed by atoms with Crippen molar-refractivity contribution >= 4 is 95.3 Å². The number of nitrogens with two attached hydrogens (primary N) is 6. The molecule has 2 saturated heterocycles. The zero-order valence-corrected chi connectivity index (χ0v) is 82.0. The maximum absolute atomic E-state index is 14.7. The Bertz CT molecular complexity index is 6110. The van der Waals surface area contributed by atoms with Crippen LogP contribution >= 0.6 is 7.82 Å². The number of rotatable bonds is 42. The van der Waals surface area contributed by atoms with E-state index in [1.165, 1.54) is 54.2 Å². The fourth-order valence-corrected chi connectivity index (χ4v) is 22.2. The molecule has 141 heavy (non-hydrogen) atoms. The molecule has 1 unspecified atom stereocenters. The van der Waals surface area contributed by atoms with Crippen LogP contribution in [0, 0.1) is 71.0 Å². The fourth-order valence-electron chi connectivity index (χ4n) is 21.1. The van der Waals surface area contributed by atoms with Crippen LogP contribution in [0.1, 0.15) is 193 Å². The average molecular weight is 2010 g/mol. The van der Waals surface area contributed by atoms with E-state index < -0.39 is 173 Å². The number of aliphatic imine (C=N–C) groups is 3. The van der Waals surface area contributed by atoms with E-state index in [4.69, 9.17) is 109 Å². The van der Waals surface area contributed by atoms with Crippen molar-refractivity contribution in [3.05, 3.63) is 170 Å². The third-order valence-corrected chi connectivity index (χ3v) is 29.6. The third-order valence-electron chi connectivity index (χ3n) is 28.5. The number of esters is 1. The molecule has 43 nitrogen and oxygen atoms in total. The number of hydrogen-bond acceptors (Lipinski definition) is 31. The van der Waals surface area contributed by atoms with E-state index in [0.29, 0.717) is 85.3 Å². The molecule has 45 heteroatoms. The number of aromatic hydroxyl groups is 2. The Morgan fingerprint density at radius 3 is 1.95 bits per heavy atom. The van der Waals surface area contributed by atoms with Crippen LogP contribution in [0.5, 0.6) is 23.0 Å². The number of aliphatic hydroxyl groups is 1. The molecule has 8 aliphatic heterocycles. The molecule has 9 amide bonds. The summed E-state index contributed by atoms with van der Waals surface area (Å²) in [5.41, 5.74) is 36.7. The summed E-state index contributed by atoms with van der Waals surface area (Å²) in [5, 5.41) is 61.1. The topological polar surface area (TPSA) is 670 Å². The van der Waals surface area contributed by atoms with Gasteiger partial charge in [0.15, 0.2) is 11.8 Å². The summed E-state index contributed by atoms with van der Waals surface area (Å²) in [6.07, 6.45) is -5.32. The molecule has 8 aliphatic rings. The van der Waals surface area contributed by atoms with Gasteiger partial charge in [0.2, 0.25) is 41.4 Å². The molecule has 757 valence electrons. The number of nitrogens with zero attached hydrogens (tertiary/aromatic N) is 10. The van der Waals surface area contributed by atoms with E-state index in [9.17, 15) is 72.7 Å². The first kappa shape index (κ1) is 107. The number of phosphoric acid groups is 1. The zero-order chi connectivity index (χ0) is 102. The number of aliphatic hydroxyl groups excluding tert-OH is 1. The number of phenols is 2. The van der Waals surface area contributed by atoms with Crippen molar-refractivity contribution in [1.82, 2.24) is 40.5 Å². The van der Waals surface area contributed by atoms with Crippen molar-refractivity contribution in [2.75, 3.05) is 59.3 Å². The van der Waals surface area contributed by atoms with Crippen molar-refractivity contribution in [3.63, 3.8) is 0 Å². The normalized spacial score (nSPS) is 26.6. The van der Waals surface area contributed by atoms with Gasteiger partial charge in [-0.2, -0.15) is 5.70 Å². The summed E-state index contributed by atoms with van der Waals surface area (Å²) in [6.45, 7) is 24.8. The minimum Gasteiger partial charge on any atom is -0.756 e. The van der Waals surface area contributed by atoms with Gasteiger partial charge in [0.25, 0.3) is 13.7 Å². The van der Waals surface area contributed by atoms with Crippen LogP contribution in [0.25, 0.3) is 16.4 Å². The number of hydrogen-bond donors (Lipinski definition) is 12. The van der Waals surface area contributed by atoms with Crippen LogP contribution in [0.15, 0.2) is 129 Å². The Balaban J connectivity index is 0.00000589.